The predicted molar refractivity (Wildman–Crippen MR) is 159 cm³/mol. The molecule has 6 rings (SSSR count). The summed E-state index contributed by atoms with van der Waals surface area (Å²) in [5, 5.41) is 7.45. The van der Waals surface area contributed by atoms with Gasteiger partial charge in [0.25, 0.3) is 5.91 Å². The van der Waals surface area contributed by atoms with Crippen LogP contribution in [0.2, 0.25) is 0 Å². The average Bonchev–Trinajstić information content (AvgIpc) is 3.39. The van der Waals surface area contributed by atoms with E-state index in [1.54, 1.807) is 12.1 Å². The molecule has 7 nitrogen and oxygen atoms in total. The molecule has 0 radical (unpaired) electrons. The highest BCUT2D eigenvalue weighted by atomic mass is 32.2. The fourth-order valence-electron chi connectivity index (χ4n) is 4.57. The summed E-state index contributed by atoms with van der Waals surface area (Å²) in [6, 6.07) is 31.2. The Morgan fingerprint density at radius 3 is 2.33 bits per heavy atom. The maximum atomic E-state index is 13.0. The molecular formula is C32H27N5O2S. The normalized spacial score (nSPS) is 11.2. The van der Waals surface area contributed by atoms with E-state index in [9.17, 15) is 9.59 Å². The Bertz CT molecular complexity index is 1850. The van der Waals surface area contributed by atoms with Crippen LogP contribution in [0.1, 0.15) is 27.0 Å². The maximum absolute atomic E-state index is 13.0. The summed E-state index contributed by atoms with van der Waals surface area (Å²) in [5.41, 5.74) is 6.92. The van der Waals surface area contributed by atoms with E-state index in [0.717, 1.165) is 33.2 Å². The number of hydrogen-bond acceptors (Lipinski definition) is 5. The number of carbonyl (C=O) groups excluding carboxylic acids is 2. The predicted octanol–water partition coefficient (Wildman–Crippen LogP) is 5.68. The van der Waals surface area contributed by atoms with Crippen molar-refractivity contribution in [2.75, 3.05) is 5.75 Å². The number of fused-ring (bicyclic) bond motifs is 5. The minimum Gasteiger partial charge on any atom is -0.351 e. The second kappa shape index (κ2) is 11.2. The van der Waals surface area contributed by atoms with Crippen LogP contribution in [-0.4, -0.2) is 31.9 Å². The van der Waals surface area contributed by atoms with Crippen molar-refractivity contribution in [2.24, 2.45) is 0 Å². The fourth-order valence-corrected chi connectivity index (χ4v) is 5.41. The van der Waals surface area contributed by atoms with Crippen molar-refractivity contribution in [3.63, 3.8) is 0 Å². The van der Waals surface area contributed by atoms with Gasteiger partial charge in [0, 0.05) is 24.0 Å². The standard InChI is InChI=1S/C32H27N5O2S/c1-21-11-13-23(14-12-21)18-33-29(38)20-40-32-36-27-17-24(31(39)34-19-22-7-3-2-4-8-22)15-16-25(27)30-35-26-9-5-6-10-28(26)37(30)32/h2-17H,18-20H2,1H3,(H,33,38)(H,34,39). The average molecular weight is 546 g/mol. The first-order valence-electron chi connectivity index (χ1n) is 13.0. The van der Waals surface area contributed by atoms with Crippen molar-refractivity contribution < 1.29 is 9.59 Å². The largest absolute Gasteiger partial charge is 0.351 e. The van der Waals surface area contributed by atoms with Crippen molar-refractivity contribution in [1.29, 1.82) is 0 Å². The highest BCUT2D eigenvalue weighted by Crippen LogP contribution is 2.29. The van der Waals surface area contributed by atoms with Crippen LogP contribution in [0, 0.1) is 6.92 Å². The zero-order valence-electron chi connectivity index (χ0n) is 21.9. The van der Waals surface area contributed by atoms with Crippen molar-refractivity contribution in [3.05, 3.63) is 119 Å². The van der Waals surface area contributed by atoms with E-state index in [4.69, 9.17) is 9.97 Å². The van der Waals surface area contributed by atoms with Crippen LogP contribution in [0.5, 0.6) is 0 Å². The Balaban J connectivity index is 1.28. The van der Waals surface area contributed by atoms with E-state index in [2.05, 4.69) is 10.6 Å². The third kappa shape index (κ3) is 5.39. The molecule has 8 heteroatoms. The zero-order valence-corrected chi connectivity index (χ0v) is 22.7. The molecule has 40 heavy (non-hydrogen) atoms. The number of aryl methyl sites for hydroxylation is 1. The van der Waals surface area contributed by atoms with Crippen molar-refractivity contribution in [1.82, 2.24) is 25.0 Å². The van der Waals surface area contributed by atoms with Crippen LogP contribution in [0.4, 0.5) is 0 Å². The Labute approximate surface area is 235 Å². The molecule has 0 aliphatic rings. The minimum atomic E-state index is -0.175. The number of amides is 2. The van der Waals surface area contributed by atoms with Crippen molar-refractivity contribution >= 4 is 51.2 Å². The summed E-state index contributed by atoms with van der Waals surface area (Å²) >= 11 is 1.35. The molecular weight excluding hydrogens is 518 g/mol. The first-order valence-corrected chi connectivity index (χ1v) is 14.0. The van der Waals surface area contributed by atoms with Crippen LogP contribution < -0.4 is 10.6 Å². The molecule has 6 aromatic rings. The lowest BCUT2D eigenvalue weighted by Gasteiger charge is -2.11. The molecule has 0 saturated heterocycles. The van der Waals surface area contributed by atoms with Crippen LogP contribution in [0.3, 0.4) is 0 Å². The molecule has 0 bridgehead atoms. The number of rotatable bonds is 8. The molecule has 0 aliphatic heterocycles. The molecule has 2 heterocycles. The van der Waals surface area contributed by atoms with Gasteiger partial charge < -0.3 is 10.6 Å². The third-order valence-electron chi connectivity index (χ3n) is 6.71. The van der Waals surface area contributed by atoms with E-state index >= 15 is 0 Å². The molecule has 0 aliphatic carbocycles. The number of aromatic nitrogens is 3. The fraction of sp³-hybridized carbons (Fsp3) is 0.125. The van der Waals surface area contributed by atoms with Gasteiger partial charge in [0.15, 0.2) is 5.16 Å². The molecule has 2 N–H and O–H groups in total. The summed E-state index contributed by atoms with van der Waals surface area (Å²) < 4.78 is 1.99. The lowest BCUT2D eigenvalue weighted by molar-refractivity contribution is -0.118. The van der Waals surface area contributed by atoms with Gasteiger partial charge in [0.1, 0.15) is 5.65 Å². The van der Waals surface area contributed by atoms with Crippen LogP contribution in [-0.2, 0) is 17.9 Å². The number of carbonyl (C=O) groups is 2. The Morgan fingerprint density at radius 2 is 1.50 bits per heavy atom. The molecule has 0 fully saturated rings. The number of nitrogens with zero attached hydrogens (tertiary/aromatic N) is 3. The van der Waals surface area contributed by atoms with Crippen LogP contribution in [0.15, 0.2) is 102 Å². The Kier molecular flexibility index (Phi) is 7.16. The number of nitrogens with one attached hydrogen (secondary N) is 2. The second-order valence-corrected chi connectivity index (χ2v) is 10.5. The van der Waals surface area contributed by atoms with Gasteiger partial charge in [0.05, 0.1) is 22.3 Å². The molecule has 2 aromatic heterocycles. The summed E-state index contributed by atoms with van der Waals surface area (Å²) in [7, 11) is 0. The second-order valence-electron chi connectivity index (χ2n) is 9.61. The third-order valence-corrected chi connectivity index (χ3v) is 7.65. The van der Waals surface area contributed by atoms with Gasteiger partial charge in [-0.3, -0.25) is 14.0 Å². The monoisotopic (exact) mass is 545 g/mol. The first kappa shape index (κ1) is 25.6. The quantitative estimate of drug-likeness (QED) is 0.190. The SMILES string of the molecule is Cc1ccc(CNC(=O)CSc2nc3cc(C(=O)NCc4ccccc4)ccc3c3nc4ccccc4n23)cc1. The van der Waals surface area contributed by atoms with E-state index in [1.807, 2.05) is 96.3 Å². The van der Waals surface area contributed by atoms with Crippen molar-refractivity contribution in [3.8, 4) is 0 Å². The smallest absolute Gasteiger partial charge is 0.251 e. The van der Waals surface area contributed by atoms with E-state index in [1.165, 1.54) is 17.3 Å². The molecule has 0 unspecified atom stereocenters. The molecule has 0 saturated carbocycles. The molecule has 4 aromatic carbocycles. The first-order chi connectivity index (χ1) is 19.5. The van der Waals surface area contributed by atoms with E-state index < -0.39 is 0 Å². The van der Waals surface area contributed by atoms with Crippen LogP contribution in [0.25, 0.3) is 27.6 Å². The van der Waals surface area contributed by atoms with Gasteiger partial charge in [-0.05, 0) is 48.4 Å². The van der Waals surface area contributed by atoms with Gasteiger partial charge in [-0.2, -0.15) is 0 Å². The number of benzene rings is 4. The Hall–Kier alpha value is -4.69. The van der Waals surface area contributed by atoms with Gasteiger partial charge in [-0.1, -0.05) is 84.1 Å². The van der Waals surface area contributed by atoms with Crippen LogP contribution >= 0.6 is 11.8 Å². The lowest BCUT2D eigenvalue weighted by atomic mass is 10.1. The molecule has 2 amide bonds. The van der Waals surface area contributed by atoms with Gasteiger partial charge >= 0.3 is 0 Å². The van der Waals surface area contributed by atoms with E-state index in [-0.39, 0.29) is 17.6 Å². The van der Waals surface area contributed by atoms with Crippen molar-refractivity contribution in [2.45, 2.75) is 25.2 Å². The van der Waals surface area contributed by atoms with Gasteiger partial charge in [-0.25, -0.2) is 9.97 Å². The van der Waals surface area contributed by atoms with Gasteiger partial charge in [0.2, 0.25) is 5.91 Å². The Morgan fingerprint density at radius 1 is 0.775 bits per heavy atom. The lowest BCUT2D eigenvalue weighted by Crippen LogP contribution is -2.24. The van der Waals surface area contributed by atoms with Gasteiger partial charge in [-0.15, -0.1) is 0 Å². The number of imidazole rings is 1. The highest BCUT2D eigenvalue weighted by Gasteiger charge is 2.17. The summed E-state index contributed by atoms with van der Waals surface area (Å²) in [6.07, 6.45) is 0. The summed E-state index contributed by atoms with van der Waals surface area (Å²) in [5.74, 6) is -0.0619. The maximum Gasteiger partial charge on any atom is 0.251 e. The molecule has 0 atom stereocenters. The number of thioether (sulfide) groups is 1. The summed E-state index contributed by atoms with van der Waals surface area (Å²) in [6.45, 7) is 2.94. The minimum absolute atomic E-state index is 0.0842. The van der Waals surface area contributed by atoms with E-state index in [0.29, 0.717) is 29.3 Å². The number of hydrogen-bond donors (Lipinski definition) is 2. The highest BCUT2D eigenvalue weighted by molar-refractivity contribution is 7.99. The molecule has 198 valence electrons. The zero-order chi connectivity index (χ0) is 27.5. The molecule has 0 spiro atoms. The number of para-hydroxylation sites is 2. The summed E-state index contributed by atoms with van der Waals surface area (Å²) in [4.78, 5) is 35.5. The topological polar surface area (TPSA) is 88.4 Å².